The molecule has 1 aliphatic heterocycles. The van der Waals surface area contributed by atoms with Gasteiger partial charge in [-0.05, 0) is 42.1 Å². The summed E-state index contributed by atoms with van der Waals surface area (Å²) in [4.78, 5) is 27.5. The van der Waals surface area contributed by atoms with E-state index in [0.29, 0.717) is 22.6 Å². The van der Waals surface area contributed by atoms with Crippen molar-refractivity contribution < 1.29 is 19.1 Å². The molecule has 0 saturated carbocycles. The molecule has 1 heterocycles. The fraction of sp³-hybridized carbons (Fsp3) is 0.182. The predicted molar refractivity (Wildman–Crippen MR) is 115 cm³/mol. The lowest BCUT2D eigenvalue weighted by Gasteiger charge is -2.31. The highest BCUT2D eigenvalue weighted by Gasteiger charge is 2.35. The molecule has 0 radical (unpaired) electrons. The predicted octanol–water partition coefficient (Wildman–Crippen LogP) is 2.74. The van der Waals surface area contributed by atoms with Crippen molar-refractivity contribution in [2.24, 2.45) is 0 Å². The van der Waals surface area contributed by atoms with Crippen molar-refractivity contribution in [3.05, 3.63) is 64.7 Å². The number of hydrogen-bond acceptors (Lipinski definition) is 6. The first-order valence-corrected chi connectivity index (χ1v) is 9.38. The van der Waals surface area contributed by atoms with Crippen LogP contribution in [0.1, 0.15) is 16.7 Å². The van der Waals surface area contributed by atoms with Crippen molar-refractivity contribution in [3.63, 3.8) is 0 Å². The Morgan fingerprint density at radius 1 is 1.07 bits per heavy atom. The van der Waals surface area contributed by atoms with Crippen LogP contribution in [-0.2, 0) is 16.2 Å². The van der Waals surface area contributed by atoms with Crippen LogP contribution in [0, 0.1) is 11.3 Å². The number of carbonyl (C=O) groups excluding carboxylic acids is 2. The third kappa shape index (κ3) is 4.02. The molecule has 1 aliphatic rings. The lowest BCUT2D eigenvalue weighted by Crippen LogP contribution is -2.52. The number of methoxy groups -OCH3 is 1. The van der Waals surface area contributed by atoms with Crippen LogP contribution in [-0.4, -0.2) is 47.9 Å². The largest absolute Gasteiger partial charge is 0.493 e. The smallest absolute Gasteiger partial charge is 0.265 e. The number of rotatable bonds is 5. The SMILES string of the molecule is COc1cc(C=C2C(=O)N(C)C(=S)N(C)C2=O)ccc1OCc1ccccc1C#N. The molecule has 0 aromatic heterocycles. The van der Waals surface area contributed by atoms with E-state index >= 15 is 0 Å². The zero-order valence-electron chi connectivity index (χ0n) is 16.7. The zero-order valence-corrected chi connectivity index (χ0v) is 17.5. The molecule has 0 unspecified atom stereocenters. The Morgan fingerprint density at radius 2 is 1.73 bits per heavy atom. The Hall–Kier alpha value is -3.70. The first kappa shape index (κ1) is 21.0. The topological polar surface area (TPSA) is 82.9 Å². The van der Waals surface area contributed by atoms with Gasteiger partial charge in [0.15, 0.2) is 16.6 Å². The van der Waals surface area contributed by atoms with Gasteiger partial charge in [-0.3, -0.25) is 19.4 Å². The summed E-state index contributed by atoms with van der Waals surface area (Å²) in [6.07, 6.45) is 1.50. The second kappa shape index (κ2) is 8.76. The van der Waals surface area contributed by atoms with Gasteiger partial charge in [0.1, 0.15) is 12.2 Å². The highest BCUT2D eigenvalue weighted by molar-refractivity contribution is 7.80. The number of nitrogens with zero attached hydrogens (tertiary/aromatic N) is 3. The Labute approximate surface area is 179 Å². The fourth-order valence-electron chi connectivity index (χ4n) is 2.95. The fourth-order valence-corrected chi connectivity index (χ4v) is 3.11. The highest BCUT2D eigenvalue weighted by Crippen LogP contribution is 2.30. The van der Waals surface area contributed by atoms with Gasteiger partial charge in [0.25, 0.3) is 11.8 Å². The van der Waals surface area contributed by atoms with Gasteiger partial charge >= 0.3 is 0 Å². The molecule has 2 aromatic rings. The summed E-state index contributed by atoms with van der Waals surface area (Å²) in [6, 6.07) is 14.4. The summed E-state index contributed by atoms with van der Waals surface area (Å²) >= 11 is 5.09. The van der Waals surface area contributed by atoms with E-state index in [1.807, 2.05) is 12.1 Å². The Morgan fingerprint density at radius 3 is 2.37 bits per heavy atom. The standard InChI is InChI=1S/C22H19N3O4S/c1-24-20(26)17(21(27)25(2)22(24)30)10-14-8-9-18(19(11-14)28-3)29-13-16-7-5-4-6-15(16)12-23/h4-11H,13H2,1-3H3. The van der Waals surface area contributed by atoms with Crippen LogP contribution in [0.4, 0.5) is 0 Å². The van der Waals surface area contributed by atoms with Crippen molar-refractivity contribution in [1.29, 1.82) is 5.26 Å². The third-order valence-electron chi connectivity index (χ3n) is 4.66. The molecular weight excluding hydrogens is 402 g/mol. The van der Waals surface area contributed by atoms with Crippen molar-refractivity contribution in [2.45, 2.75) is 6.61 Å². The highest BCUT2D eigenvalue weighted by atomic mass is 32.1. The Balaban J connectivity index is 1.86. The molecule has 2 amide bonds. The van der Waals surface area contributed by atoms with E-state index in [0.717, 1.165) is 5.56 Å². The zero-order chi connectivity index (χ0) is 21.8. The van der Waals surface area contributed by atoms with E-state index in [1.54, 1.807) is 30.3 Å². The molecule has 0 N–H and O–H groups in total. The summed E-state index contributed by atoms with van der Waals surface area (Å²) in [6.45, 7) is 0.199. The molecule has 8 heteroatoms. The normalized spacial score (nSPS) is 13.9. The monoisotopic (exact) mass is 421 g/mol. The van der Waals surface area contributed by atoms with Gasteiger partial charge in [0.2, 0.25) is 0 Å². The minimum Gasteiger partial charge on any atom is -0.493 e. The average Bonchev–Trinajstić information content (AvgIpc) is 2.78. The van der Waals surface area contributed by atoms with Crippen LogP contribution in [0.25, 0.3) is 6.08 Å². The summed E-state index contributed by atoms with van der Waals surface area (Å²) < 4.78 is 11.2. The van der Waals surface area contributed by atoms with Gasteiger partial charge in [-0.2, -0.15) is 5.26 Å². The van der Waals surface area contributed by atoms with E-state index in [1.165, 1.54) is 37.1 Å². The molecular formula is C22H19N3O4S. The van der Waals surface area contributed by atoms with Gasteiger partial charge in [0, 0.05) is 19.7 Å². The molecule has 30 heavy (non-hydrogen) atoms. The van der Waals surface area contributed by atoms with Crippen molar-refractivity contribution in [2.75, 3.05) is 21.2 Å². The molecule has 152 valence electrons. The summed E-state index contributed by atoms with van der Waals surface area (Å²) in [7, 11) is 4.55. The summed E-state index contributed by atoms with van der Waals surface area (Å²) in [5.41, 5.74) is 1.90. The lowest BCUT2D eigenvalue weighted by molar-refractivity contribution is -0.132. The first-order valence-electron chi connectivity index (χ1n) is 8.98. The number of amides is 2. The van der Waals surface area contributed by atoms with Crippen molar-refractivity contribution in [1.82, 2.24) is 9.80 Å². The molecule has 1 saturated heterocycles. The number of carbonyl (C=O) groups is 2. The van der Waals surface area contributed by atoms with Gasteiger partial charge in [-0.1, -0.05) is 24.3 Å². The minimum absolute atomic E-state index is 0.00673. The summed E-state index contributed by atoms with van der Waals surface area (Å²) in [5.74, 6) is -0.0122. The second-order valence-corrected chi connectivity index (χ2v) is 6.90. The number of thiocarbonyl (C=S) groups is 1. The average molecular weight is 421 g/mol. The number of benzene rings is 2. The maximum Gasteiger partial charge on any atom is 0.265 e. The molecule has 0 spiro atoms. The molecule has 0 aliphatic carbocycles. The van der Waals surface area contributed by atoms with E-state index in [-0.39, 0.29) is 17.3 Å². The van der Waals surface area contributed by atoms with Crippen LogP contribution in [0.5, 0.6) is 11.5 Å². The number of likely N-dealkylation sites (N-methyl/N-ethyl adjacent to an activating group) is 2. The Bertz CT molecular complexity index is 1080. The lowest BCUT2D eigenvalue weighted by atomic mass is 10.1. The van der Waals surface area contributed by atoms with Crippen molar-refractivity contribution >= 4 is 35.2 Å². The maximum atomic E-state index is 12.5. The van der Waals surface area contributed by atoms with Gasteiger partial charge in [0.05, 0.1) is 18.7 Å². The van der Waals surface area contributed by atoms with E-state index in [2.05, 4.69) is 6.07 Å². The van der Waals surface area contributed by atoms with Crippen molar-refractivity contribution in [3.8, 4) is 17.6 Å². The first-order chi connectivity index (χ1) is 14.4. The number of hydrogen-bond donors (Lipinski definition) is 0. The molecule has 0 bridgehead atoms. The third-order valence-corrected chi connectivity index (χ3v) is 5.21. The van der Waals surface area contributed by atoms with E-state index in [9.17, 15) is 14.9 Å². The van der Waals surface area contributed by atoms with Crippen LogP contribution < -0.4 is 9.47 Å². The van der Waals surface area contributed by atoms with Crippen LogP contribution in [0.15, 0.2) is 48.0 Å². The molecule has 1 fully saturated rings. The molecule has 0 atom stereocenters. The molecule has 7 nitrogen and oxygen atoms in total. The molecule has 2 aromatic carbocycles. The van der Waals surface area contributed by atoms with Gasteiger partial charge in [-0.25, -0.2) is 0 Å². The van der Waals surface area contributed by atoms with Crippen LogP contribution in [0.2, 0.25) is 0 Å². The second-order valence-electron chi connectivity index (χ2n) is 6.54. The number of ether oxygens (including phenoxy) is 2. The van der Waals surface area contributed by atoms with Crippen LogP contribution in [0.3, 0.4) is 0 Å². The van der Waals surface area contributed by atoms with E-state index in [4.69, 9.17) is 21.7 Å². The summed E-state index contributed by atoms with van der Waals surface area (Å²) in [5, 5.41) is 9.35. The van der Waals surface area contributed by atoms with E-state index < -0.39 is 11.8 Å². The van der Waals surface area contributed by atoms with Crippen LogP contribution >= 0.6 is 12.2 Å². The maximum absolute atomic E-state index is 12.5. The Kier molecular flexibility index (Phi) is 6.14. The minimum atomic E-state index is -0.462. The van der Waals surface area contributed by atoms with Gasteiger partial charge < -0.3 is 9.47 Å². The number of nitriles is 1. The molecule has 3 rings (SSSR count). The van der Waals surface area contributed by atoms with Gasteiger partial charge in [-0.15, -0.1) is 0 Å². The quantitative estimate of drug-likeness (QED) is 0.419.